The van der Waals surface area contributed by atoms with E-state index in [9.17, 15) is 9.59 Å². The standard InChI is InChI=1S/C18H27NO4/c1-6-10-22-16(20)14-8-7-9-15(19-14)17(21)23-12-13(2)11-18(3,4)5/h7-9,13H,6,10-12H2,1-5H3. The number of esters is 2. The number of hydrogen-bond acceptors (Lipinski definition) is 5. The Hall–Kier alpha value is -1.91. The molecule has 5 nitrogen and oxygen atoms in total. The number of aromatic nitrogens is 1. The van der Waals surface area contributed by atoms with E-state index in [1.54, 1.807) is 6.07 Å². The van der Waals surface area contributed by atoms with E-state index in [1.807, 2.05) is 13.8 Å². The zero-order valence-corrected chi connectivity index (χ0v) is 14.7. The van der Waals surface area contributed by atoms with Crippen molar-refractivity contribution in [3.05, 3.63) is 29.6 Å². The monoisotopic (exact) mass is 321 g/mol. The van der Waals surface area contributed by atoms with Crippen molar-refractivity contribution in [2.45, 2.75) is 47.5 Å². The molecule has 1 heterocycles. The average Bonchev–Trinajstić information content (AvgIpc) is 2.48. The molecule has 1 aromatic rings. The van der Waals surface area contributed by atoms with E-state index < -0.39 is 11.9 Å². The molecule has 0 aliphatic rings. The van der Waals surface area contributed by atoms with Gasteiger partial charge in [-0.2, -0.15) is 0 Å². The molecule has 1 unspecified atom stereocenters. The van der Waals surface area contributed by atoms with E-state index in [1.165, 1.54) is 12.1 Å². The summed E-state index contributed by atoms with van der Waals surface area (Å²) >= 11 is 0. The van der Waals surface area contributed by atoms with Gasteiger partial charge >= 0.3 is 11.9 Å². The fourth-order valence-electron chi connectivity index (χ4n) is 2.33. The Morgan fingerprint density at radius 2 is 1.70 bits per heavy atom. The molecular formula is C18H27NO4. The Morgan fingerprint density at radius 3 is 2.22 bits per heavy atom. The number of ether oxygens (including phenoxy) is 2. The van der Waals surface area contributed by atoms with Crippen LogP contribution in [0, 0.1) is 11.3 Å². The smallest absolute Gasteiger partial charge is 0.356 e. The minimum atomic E-state index is -0.525. The average molecular weight is 321 g/mol. The maximum absolute atomic E-state index is 12.1. The van der Waals surface area contributed by atoms with Crippen LogP contribution in [0.1, 0.15) is 68.4 Å². The summed E-state index contributed by atoms with van der Waals surface area (Å²) in [5.41, 5.74) is 0.432. The van der Waals surface area contributed by atoms with Gasteiger partial charge in [-0.05, 0) is 36.3 Å². The number of carbonyl (C=O) groups excluding carboxylic acids is 2. The molecule has 0 saturated carbocycles. The minimum absolute atomic E-state index is 0.121. The number of rotatable bonds is 7. The highest BCUT2D eigenvalue weighted by Crippen LogP contribution is 2.24. The molecule has 0 fully saturated rings. The molecule has 0 radical (unpaired) electrons. The van der Waals surface area contributed by atoms with Crippen molar-refractivity contribution in [2.75, 3.05) is 13.2 Å². The first-order chi connectivity index (χ1) is 10.7. The first kappa shape index (κ1) is 19.1. The van der Waals surface area contributed by atoms with Gasteiger partial charge in [-0.3, -0.25) is 0 Å². The number of carbonyl (C=O) groups is 2. The van der Waals surface area contributed by atoms with Crippen molar-refractivity contribution in [2.24, 2.45) is 11.3 Å². The lowest BCUT2D eigenvalue weighted by Gasteiger charge is -2.22. The fourth-order valence-corrected chi connectivity index (χ4v) is 2.33. The molecule has 23 heavy (non-hydrogen) atoms. The van der Waals surface area contributed by atoms with Crippen molar-refractivity contribution in [1.29, 1.82) is 0 Å². The molecule has 0 amide bonds. The van der Waals surface area contributed by atoms with Crippen LogP contribution in [0.3, 0.4) is 0 Å². The topological polar surface area (TPSA) is 65.5 Å². The van der Waals surface area contributed by atoms with E-state index in [2.05, 4.69) is 25.8 Å². The molecule has 1 atom stereocenters. The molecule has 0 aromatic carbocycles. The SMILES string of the molecule is CCCOC(=O)c1cccc(C(=O)OCC(C)CC(C)(C)C)n1. The van der Waals surface area contributed by atoms with Crippen molar-refractivity contribution in [1.82, 2.24) is 4.98 Å². The van der Waals surface area contributed by atoms with Crippen molar-refractivity contribution in [3.8, 4) is 0 Å². The van der Waals surface area contributed by atoms with E-state index >= 15 is 0 Å². The first-order valence-electron chi connectivity index (χ1n) is 8.04. The van der Waals surface area contributed by atoms with E-state index in [0.717, 1.165) is 12.8 Å². The lowest BCUT2D eigenvalue weighted by molar-refractivity contribution is 0.0413. The summed E-state index contributed by atoms with van der Waals surface area (Å²) in [6.45, 7) is 11.1. The van der Waals surface area contributed by atoms with E-state index in [-0.39, 0.29) is 22.7 Å². The molecule has 0 N–H and O–H groups in total. The normalized spacial score (nSPS) is 12.6. The van der Waals surface area contributed by atoms with Crippen LogP contribution in [-0.4, -0.2) is 30.1 Å². The maximum Gasteiger partial charge on any atom is 0.356 e. The first-order valence-corrected chi connectivity index (χ1v) is 8.04. The summed E-state index contributed by atoms with van der Waals surface area (Å²) < 4.78 is 10.3. The molecule has 128 valence electrons. The number of nitrogens with zero attached hydrogens (tertiary/aromatic N) is 1. The molecule has 1 rings (SSSR count). The Balaban J connectivity index is 2.61. The second-order valence-corrected chi connectivity index (χ2v) is 7.01. The Bertz CT molecular complexity index is 534. The van der Waals surface area contributed by atoms with Crippen LogP contribution in [0.5, 0.6) is 0 Å². The number of hydrogen-bond donors (Lipinski definition) is 0. The summed E-state index contributed by atoms with van der Waals surface area (Å²) in [6, 6.07) is 4.66. The van der Waals surface area contributed by atoms with E-state index in [0.29, 0.717) is 13.2 Å². The third-order valence-electron chi connectivity index (χ3n) is 3.06. The summed E-state index contributed by atoms with van der Waals surface area (Å²) in [7, 11) is 0. The molecule has 1 aromatic heterocycles. The van der Waals surface area contributed by atoms with Crippen molar-refractivity contribution in [3.63, 3.8) is 0 Å². The van der Waals surface area contributed by atoms with Crippen LogP contribution in [0.4, 0.5) is 0 Å². The summed E-state index contributed by atoms with van der Waals surface area (Å²) in [6.07, 6.45) is 1.69. The lowest BCUT2D eigenvalue weighted by atomic mass is 9.86. The highest BCUT2D eigenvalue weighted by molar-refractivity contribution is 5.91. The Morgan fingerprint density at radius 1 is 1.13 bits per heavy atom. The highest BCUT2D eigenvalue weighted by Gasteiger charge is 2.18. The Kier molecular flexibility index (Phi) is 7.20. The lowest BCUT2D eigenvalue weighted by Crippen LogP contribution is -2.19. The predicted octanol–water partition coefficient (Wildman–Crippen LogP) is 3.88. The van der Waals surface area contributed by atoms with Crippen LogP contribution in [-0.2, 0) is 9.47 Å². The van der Waals surface area contributed by atoms with Gasteiger partial charge in [-0.1, -0.05) is 40.7 Å². The number of pyridine rings is 1. The van der Waals surface area contributed by atoms with Crippen LogP contribution in [0.25, 0.3) is 0 Å². The summed E-state index contributed by atoms with van der Waals surface area (Å²) in [5.74, 6) is -0.782. The van der Waals surface area contributed by atoms with Crippen LogP contribution >= 0.6 is 0 Å². The zero-order chi connectivity index (χ0) is 17.5. The fraction of sp³-hybridized carbons (Fsp3) is 0.611. The third kappa shape index (κ3) is 7.26. The van der Waals surface area contributed by atoms with Crippen LogP contribution < -0.4 is 0 Å². The second kappa shape index (κ2) is 8.65. The zero-order valence-electron chi connectivity index (χ0n) is 14.7. The van der Waals surface area contributed by atoms with Gasteiger partial charge in [0.1, 0.15) is 11.4 Å². The van der Waals surface area contributed by atoms with Gasteiger partial charge in [0.25, 0.3) is 0 Å². The highest BCUT2D eigenvalue weighted by atomic mass is 16.5. The van der Waals surface area contributed by atoms with Gasteiger partial charge in [-0.15, -0.1) is 0 Å². The Labute approximate surface area is 138 Å². The van der Waals surface area contributed by atoms with Crippen LogP contribution in [0.15, 0.2) is 18.2 Å². The maximum atomic E-state index is 12.1. The van der Waals surface area contributed by atoms with Gasteiger partial charge in [0, 0.05) is 0 Å². The molecule has 0 saturated heterocycles. The van der Waals surface area contributed by atoms with Gasteiger partial charge in [0.05, 0.1) is 13.2 Å². The van der Waals surface area contributed by atoms with Gasteiger partial charge < -0.3 is 9.47 Å². The van der Waals surface area contributed by atoms with Gasteiger partial charge in [0.15, 0.2) is 0 Å². The largest absolute Gasteiger partial charge is 0.461 e. The second-order valence-electron chi connectivity index (χ2n) is 7.01. The van der Waals surface area contributed by atoms with Gasteiger partial charge in [0.2, 0.25) is 0 Å². The molecule has 5 heteroatoms. The quantitative estimate of drug-likeness (QED) is 0.713. The van der Waals surface area contributed by atoms with Crippen molar-refractivity contribution < 1.29 is 19.1 Å². The summed E-state index contributed by atoms with van der Waals surface area (Å²) in [4.78, 5) is 27.9. The van der Waals surface area contributed by atoms with Crippen LogP contribution in [0.2, 0.25) is 0 Å². The molecule has 0 aliphatic carbocycles. The molecule has 0 bridgehead atoms. The minimum Gasteiger partial charge on any atom is -0.461 e. The van der Waals surface area contributed by atoms with E-state index in [4.69, 9.17) is 9.47 Å². The third-order valence-corrected chi connectivity index (χ3v) is 3.06. The molecule has 0 aliphatic heterocycles. The molecular weight excluding hydrogens is 294 g/mol. The van der Waals surface area contributed by atoms with Crippen molar-refractivity contribution >= 4 is 11.9 Å². The summed E-state index contributed by atoms with van der Waals surface area (Å²) in [5, 5.41) is 0. The molecule has 0 spiro atoms. The van der Waals surface area contributed by atoms with Gasteiger partial charge in [-0.25, -0.2) is 14.6 Å². The predicted molar refractivity (Wildman–Crippen MR) is 88.3 cm³/mol.